The van der Waals surface area contributed by atoms with Crippen LogP contribution in [0.3, 0.4) is 0 Å². The van der Waals surface area contributed by atoms with Crippen molar-refractivity contribution in [3.63, 3.8) is 0 Å². The van der Waals surface area contributed by atoms with E-state index < -0.39 is 11.7 Å². The molecule has 22 heavy (non-hydrogen) atoms. The molecule has 0 saturated carbocycles. The summed E-state index contributed by atoms with van der Waals surface area (Å²) in [6.45, 7) is 3.59. The number of alkyl halides is 3. The Kier molecular flexibility index (Phi) is 6.43. The summed E-state index contributed by atoms with van der Waals surface area (Å²) in [7, 11) is 0. The predicted molar refractivity (Wildman–Crippen MR) is 75.6 cm³/mol. The largest absolute Gasteiger partial charge is 0.475 e. The number of amides is 1. The van der Waals surface area contributed by atoms with E-state index in [2.05, 4.69) is 10.3 Å². The number of carbonyl (C=O) groups is 1. The van der Waals surface area contributed by atoms with Gasteiger partial charge >= 0.3 is 6.18 Å². The molecule has 1 rings (SSSR count). The van der Waals surface area contributed by atoms with Gasteiger partial charge in [-0.15, -0.1) is 0 Å². The molecule has 0 saturated heterocycles. The maximum absolute atomic E-state index is 12.4. The standard InChI is InChI=1S/C13H17ClF3N3O2/c1-7(8(2)18)11(21)19-3-4-22-12-10(14)5-9(6-20-12)13(15,16)17/h5-8H,3-4,18H2,1-2H3,(H,19,21). The molecule has 0 aromatic carbocycles. The molecular weight excluding hydrogens is 323 g/mol. The zero-order valence-corrected chi connectivity index (χ0v) is 12.8. The molecule has 5 nitrogen and oxygen atoms in total. The van der Waals surface area contributed by atoms with Gasteiger partial charge in [0.25, 0.3) is 0 Å². The third-order valence-corrected chi connectivity index (χ3v) is 3.25. The van der Waals surface area contributed by atoms with Crippen LogP contribution in [0.25, 0.3) is 0 Å². The van der Waals surface area contributed by atoms with Crippen LogP contribution in [0.4, 0.5) is 13.2 Å². The normalized spacial score (nSPS) is 14.3. The fourth-order valence-electron chi connectivity index (χ4n) is 1.41. The van der Waals surface area contributed by atoms with Crippen LogP contribution < -0.4 is 15.8 Å². The van der Waals surface area contributed by atoms with Gasteiger partial charge < -0.3 is 15.8 Å². The molecule has 3 N–H and O–H groups in total. The van der Waals surface area contributed by atoms with Crippen molar-refractivity contribution >= 4 is 17.5 Å². The fraction of sp³-hybridized carbons (Fsp3) is 0.538. The molecule has 1 heterocycles. The van der Waals surface area contributed by atoms with Crippen molar-refractivity contribution in [3.8, 4) is 5.88 Å². The molecule has 1 aromatic rings. The third-order valence-electron chi connectivity index (χ3n) is 2.98. The van der Waals surface area contributed by atoms with E-state index in [4.69, 9.17) is 22.1 Å². The summed E-state index contributed by atoms with van der Waals surface area (Å²) in [6, 6.07) is 0.452. The second-order valence-electron chi connectivity index (χ2n) is 4.80. The molecule has 1 aromatic heterocycles. The summed E-state index contributed by atoms with van der Waals surface area (Å²) in [5, 5.41) is 2.35. The average molecular weight is 340 g/mol. The van der Waals surface area contributed by atoms with Crippen molar-refractivity contribution in [2.45, 2.75) is 26.1 Å². The van der Waals surface area contributed by atoms with Gasteiger partial charge in [-0.25, -0.2) is 4.98 Å². The highest BCUT2D eigenvalue weighted by molar-refractivity contribution is 6.31. The van der Waals surface area contributed by atoms with E-state index in [1.165, 1.54) is 0 Å². The van der Waals surface area contributed by atoms with Crippen molar-refractivity contribution < 1.29 is 22.7 Å². The average Bonchev–Trinajstić information content (AvgIpc) is 2.42. The van der Waals surface area contributed by atoms with Crippen molar-refractivity contribution in [1.82, 2.24) is 10.3 Å². The van der Waals surface area contributed by atoms with Gasteiger partial charge in [0.15, 0.2) is 0 Å². The molecule has 0 radical (unpaired) electrons. The number of hydrogen-bond donors (Lipinski definition) is 2. The summed E-state index contributed by atoms with van der Waals surface area (Å²) in [5.74, 6) is -0.706. The lowest BCUT2D eigenvalue weighted by molar-refractivity contribution is -0.137. The molecule has 0 aliphatic rings. The Bertz CT molecular complexity index is 524. The topological polar surface area (TPSA) is 77.2 Å². The number of carbonyl (C=O) groups excluding carboxylic acids is 1. The van der Waals surface area contributed by atoms with Crippen LogP contribution in [-0.2, 0) is 11.0 Å². The first-order valence-electron chi connectivity index (χ1n) is 6.51. The van der Waals surface area contributed by atoms with Gasteiger partial charge in [0, 0.05) is 18.2 Å². The van der Waals surface area contributed by atoms with E-state index in [0.717, 1.165) is 6.07 Å². The van der Waals surface area contributed by atoms with Gasteiger partial charge in [0.05, 0.1) is 12.1 Å². The highest BCUT2D eigenvalue weighted by Crippen LogP contribution is 2.32. The van der Waals surface area contributed by atoms with Crippen molar-refractivity contribution in [2.24, 2.45) is 11.7 Å². The number of nitrogens with two attached hydrogens (primary N) is 1. The number of halogens is 4. The van der Waals surface area contributed by atoms with Crippen molar-refractivity contribution in [3.05, 3.63) is 22.8 Å². The molecule has 0 spiro atoms. The van der Waals surface area contributed by atoms with Gasteiger partial charge in [-0.3, -0.25) is 4.79 Å². The second-order valence-corrected chi connectivity index (χ2v) is 5.20. The van der Waals surface area contributed by atoms with E-state index in [1.54, 1.807) is 13.8 Å². The minimum atomic E-state index is -4.52. The van der Waals surface area contributed by atoms with Crippen LogP contribution in [0.1, 0.15) is 19.4 Å². The van der Waals surface area contributed by atoms with Crippen molar-refractivity contribution in [1.29, 1.82) is 0 Å². The zero-order valence-electron chi connectivity index (χ0n) is 12.1. The molecule has 2 unspecified atom stereocenters. The van der Waals surface area contributed by atoms with E-state index in [1.807, 2.05) is 0 Å². The maximum atomic E-state index is 12.4. The number of ether oxygens (including phenoxy) is 1. The first kappa shape index (κ1) is 18.5. The number of pyridine rings is 1. The first-order valence-corrected chi connectivity index (χ1v) is 6.89. The van der Waals surface area contributed by atoms with Gasteiger partial charge in [-0.05, 0) is 13.0 Å². The summed E-state index contributed by atoms with van der Waals surface area (Å²) in [6.07, 6.45) is -3.88. The Balaban J connectivity index is 2.48. The molecule has 2 atom stereocenters. The molecule has 0 aliphatic heterocycles. The van der Waals surface area contributed by atoms with E-state index in [0.29, 0.717) is 6.20 Å². The Morgan fingerprint density at radius 2 is 2.14 bits per heavy atom. The molecule has 124 valence electrons. The number of aromatic nitrogens is 1. The zero-order chi connectivity index (χ0) is 16.9. The third kappa shape index (κ3) is 5.34. The maximum Gasteiger partial charge on any atom is 0.417 e. The summed E-state index contributed by atoms with van der Waals surface area (Å²) >= 11 is 5.68. The number of nitrogens with zero attached hydrogens (tertiary/aromatic N) is 1. The van der Waals surface area contributed by atoms with Gasteiger partial charge in [-0.2, -0.15) is 13.2 Å². The lowest BCUT2D eigenvalue weighted by atomic mass is 10.0. The quantitative estimate of drug-likeness (QED) is 0.779. The SMILES string of the molecule is CC(N)C(C)C(=O)NCCOc1ncc(C(F)(F)F)cc1Cl. The minimum absolute atomic E-state index is 0.0233. The lowest BCUT2D eigenvalue weighted by Gasteiger charge is -2.15. The van der Waals surface area contributed by atoms with Gasteiger partial charge in [0.2, 0.25) is 11.8 Å². The molecule has 0 aliphatic carbocycles. The van der Waals surface area contributed by atoms with Crippen LogP contribution in [0, 0.1) is 5.92 Å². The van der Waals surface area contributed by atoms with Gasteiger partial charge in [0.1, 0.15) is 11.6 Å². The fourth-order valence-corrected chi connectivity index (χ4v) is 1.63. The molecule has 1 amide bonds. The van der Waals surface area contributed by atoms with E-state index >= 15 is 0 Å². The smallest absolute Gasteiger partial charge is 0.417 e. The Morgan fingerprint density at radius 3 is 2.64 bits per heavy atom. The Labute approximate surface area is 131 Å². The molecule has 9 heteroatoms. The minimum Gasteiger partial charge on any atom is -0.475 e. The predicted octanol–water partition coefficient (Wildman–Crippen LogP) is 2.23. The summed E-state index contributed by atoms with van der Waals surface area (Å²) in [5.41, 5.74) is 4.64. The van der Waals surface area contributed by atoms with Crippen LogP contribution in [0.2, 0.25) is 5.02 Å². The lowest BCUT2D eigenvalue weighted by Crippen LogP contribution is -2.40. The Hall–Kier alpha value is -1.54. The van der Waals surface area contributed by atoms with Crippen LogP contribution in [-0.4, -0.2) is 30.1 Å². The highest BCUT2D eigenvalue weighted by atomic mass is 35.5. The number of rotatable bonds is 6. The van der Waals surface area contributed by atoms with Crippen LogP contribution in [0.15, 0.2) is 12.3 Å². The van der Waals surface area contributed by atoms with Gasteiger partial charge in [-0.1, -0.05) is 18.5 Å². The van der Waals surface area contributed by atoms with E-state index in [9.17, 15) is 18.0 Å². The van der Waals surface area contributed by atoms with Crippen LogP contribution >= 0.6 is 11.6 Å². The highest BCUT2D eigenvalue weighted by Gasteiger charge is 2.31. The number of nitrogens with one attached hydrogen (secondary N) is 1. The monoisotopic (exact) mass is 339 g/mol. The Morgan fingerprint density at radius 1 is 1.50 bits per heavy atom. The molecule has 0 bridgehead atoms. The number of hydrogen-bond acceptors (Lipinski definition) is 4. The van der Waals surface area contributed by atoms with E-state index in [-0.39, 0.29) is 41.9 Å². The second kappa shape index (κ2) is 7.64. The summed E-state index contributed by atoms with van der Waals surface area (Å²) < 4.78 is 42.5. The van der Waals surface area contributed by atoms with Crippen molar-refractivity contribution in [2.75, 3.05) is 13.2 Å². The van der Waals surface area contributed by atoms with Crippen LogP contribution in [0.5, 0.6) is 5.88 Å². The molecular formula is C13H17ClF3N3O2. The molecule has 0 fully saturated rings. The first-order chi connectivity index (χ1) is 10.1. The summed E-state index contributed by atoms with van der Waals surface area (Å²) in [4.78, 5) is 15.1.